The van der Waals surface area contributed by atoms with E-state index in [1.807, 2.05) is 0 Å². The van der Waals surface area contributed by atoms with Crippen molar-refractivity contribution < 1.29 is 18.0 Å². The third-order valence-corrected chi connectivity index (χ3v) is 4.30. The summed E-state index contributed by atoms with van der Waals surface area (Å²) in [6.45, 7) is 0.697. The number of imidazole rings is 1. The first-order valence-electron chi connectivity index (χ1n) is 7.82. The molecule has 3 heterocycles. The van der Waals surface area contributed by atoms with Gasteiger partial charge in [0.05, 0.1) is 0 Å². The van der Waals surface area contributed by atoms with Crippen LogP contribution in [0.4, 0.5) is 13.2 Å². The van der Waals surface area contributed by atoms with Gasteiger partial charge in [-0.05, 0) is 18.4 Å². The number of nitrogens with one attached hydrogen (secondary N) is 1. The van der Waals surface area contributed by atoms with Crippen LogP contribution >= 0.6 is 0 Å². The maximum Gasteiger partial charge on any atom is 0.434 e. The van der Waals surface area contributed by atoms with Gasteiger partial charge in [-0.3, -0.25) is 9.59 Å². The zero-order chi connectivity index (χ0) is 18.2. The summed E-state index contributed by atoms with van der Waals surface area (Å²) in [5, 5.41) is 2.74. The summed E-state index contributed by atoms with van der Waals surface area (Å²) in [6.07, 6.45) is -0.848. The number of nitrogens with zero attached hydrogens (tertiary/aromatic N) is 3. The Morgan fingerprint density at radius 2 is 2.20 bits per heavy atom. The fraction of sp³-hybridized carbons (Fsp3) is 0.438. The number of fused-ring (bicyclic) bond motifs is 1. The Labute approximate surface area is 141 Å². The highest BCUT2D eigenvalue weighted by Crippen LogP contribution is 2.30. The first-order chi connectivity index (χ1) is 11.7. The average Bonchev–Trinajstić information content (AvgIpc) is 2.98. The Hall–Kier alpha value is -2.58. The molecule has 2 aromatic heterocycles. The van der Waals surface area contributed by atoms with Gasteiger partial charge < -0.3 is 14.5 Å². The third-order valence-electron chi connectivity index (χ3n) is 4.30. The van der Waals surface area contributed by atoms with Gasteiger partial charge in [0.1, 0.15) is 5.82 Å². The van der Waals surface area contributed by atoms with Crippen LogP contribution in [0, 0.1) is 5.92 Å². The van der Waals surface area contributed by atoms with Crippen LogP contribution in [-0.2, 0) is 26.2 Å². The number of pyridine rings is 1. The Kier molecular flexibility index (Phi) is 4.40. The van der Waals surface area contributed by atoms with Crippen LogP contribution in [0.15, 0.2) is 29.3 Å². The van der Waals surface area contributed by atoms with Crippen LogP contribution in [0.2, 0.25) is 0 Å². The lowest BCUT2D eigenvalue weighted by Crippen LogP contribution is -2.34. The number of rotatable bonds is 3. The van der Waals surface area contributed by atoms with E-state index in [4.69, 9.17) is 0 Å². The molecule has 0 saturated carbocycles. The summed E-state index contributed by atoms with van der Waals surface area (Å²) in [5.41, 5.74) is -0.901. The fourth-order valence-electron chi connectivity index (χ4n) is 2.85. The first-order valence-corrected chi connectivity index (χ1v) is 7.82. The number of halogens is 3. The maximum atomic E-state index is 12.7. The Balaban J connectivity index is 1.61. The summed E-state index contributed by atoms with van der Waals surface area (Å²) < 4.78 is 41.0. The topological polar surface area (TPSA) is 68.9 Å². The quantitative estimate of drug-likeness (QED) is 0.910. The number of carbonyl (C=O) groups is 1. The summed E-state index contributed by atoms with van der Waals surface area (Å²) in [5.74, 6) is 0.0600. The van der Waals surface area contributed by atoms with Crippen molar-refractivity contribution in [3.8, 4) is 0 Å². The van der Waals surface area contributed by atoms with E-state index in [0.717, 1.165) is 6.20 Å². The van der Waals surface area contributed by atoms with Crippen LogP contribution in [0.25, 0.3) is 0 Å². The van der Waals surface area contributed by atoms with Crippen molar-refractivity contribution in [2.24, 2.45) is 13.0 Å². The number of amides is 1. The zero-order valence-electron chi connectivity index (χ0n) is 13.5. The van der Waals surface area contributed by atoms with Crippen molar-refractivity contribution in [1.29, 1.82) is 0 Å². The molecule has 6 nitrogen and oxygen atoms in total. The van der Waals surface area contributed by atoms with E-state index in [0.29, 0.717) is 31.8 Å². The molecule has 0 bridgehead atoms. The molecule has 1 amide bonds. The Morgan fingerprint density at radius 1 is 1.44 bits per heavy atom. The molecule has 1 aliphatic rings. The van der Waals surface area contributed by atoms with Crippen molar-refractivity contribution in [2.45, 2.75) is 25.6 Å². The molecule has 9 heteroatoms. The highest BCUT2D eigenvalue weighted by atomic mass is 19.4. The maximum absolute atomic E-state index is 12.7. The highest BCUT2D eigenvalue weighted by molar-refractivity contribution is 5.93. The van der Waals surface area contributed by atoms with E-state index >= 15 is 0 Å². The van der Waals surface area contributed by atoms with E-state index in [2.05, 4.69) is 10.3 Å². The average molecular weight is 354 g/mol. The van der Waals surface area contributed by atoms with Gasteiger partial charge in [-0.15, -0.1) is 0 Å². The van der Waals surface area contributed by atoms with E-state index in [9.17, 15) is 22.8 Å². The molecule has 2 aromatic rings. The second-order valence-corrected chi connectivity index (χ2v) is 6.17. The molecule has 25 heavy (non-hydrogen) atoms. The smallest absolute Gasteiger partial charge is 0.352 e. The van der Waals surface area contributed by atoms with E-state index < -0.39 is 11.9 Å². The molecule has 134 valence electrons. The Morgan fingerprint density at radius 3 is 2.88 bits per heavy atom. The molecule has 1 N–H and O–H groups in total. The Bertz CT molecular complexity index is 854. The van der Waals surface area contributed by atoms with E-state index in [1.54, 1.807) is 13.1 Å². The molecular formula is C16H17F3N4O2. The lowest BCUT2D eigenvalue weighted by atomic mass is 9.99. The van der Waals surface area contributed by atoms with Gasteiger partial charge in [-0.1, -0.05) is 0 Å². The molecule has 0 spiro atoms. The molecule has 0 radical (unpaired) electrons. The number of hydrogen-bond acceptors (Lipinski definition) is 3. The standard InChI is InChI=1S/C16H17F3N4O2/c1-22-5-4-11(6-14(22)24)15(25)20-7-10-2-3-13-21-12(16(17,18)19)9-23(13)8-10/h4-6,9-10H,2-3,7-8H2,1H3,(H,20,25)/t10-/m1/s1. The minimum atomic E-state index is -4.45. The molecule has 1 atom stereocenters. The molecule has 0 fully saturated rings. The van der Waals surface area contributed by atoms with Crippen molar-refractivity contribution in [1.82, 2.24) is 19.4 Å². The summed E-state index contributed by atoms with van der Waals surface area (Å²) in [7, 11) is 1.59. The summed E-state index contributed by atoms with van der Waals surface area (Å²) in [4.78, 5) is 27.3. The van der Waals surface area contributed by atoms with Gasteiger partial charge in [-0.25, -0.2) is 4.98 Å². The van der Waals surface area contributed by atoms with Crippen LogP contribution in [-0.4, -0.2) is 26.6 Å². The fourth-order valence-corrected chi connectivity index (χ4v) is 2.85. The monoisotopic (exact) mass is 354 g/mol. The number of hydrogen-bond donors (Lipinski definition) is 1. The zero-order valence-corrected chi connectivity index (χ0v) is 13.5. The molecule has 0 aliphatic carbocycles. The second kappa shape index (κ2) is 6.38. The van der Waals surface area contributed by atoms with Crippen LogP contribution in [0.5, 0.6) is 0 Å². The molecule has 0 unspecified atom stereocenters. The molecule has 1 aliphatic heterocycles. The largest absolute Gasteiger partial charge is 0.434 e. The van der Waals surface area contributed by atoms with Crippen LogP contribution < -0.4 is 10.9 Å². The lowest BCUT2D eigenvalue weighted by Gasteiger charge is -2.23. The number of carbonyl (C=O) groups excluding carboxylic acids is 1. The van der Waals surface area contributed by atoms with Gasteiger partial charge in [0.25, 0.3) is 11.5 Å². The van der Waals surface area contributed by atoms with Crippen molar-refractivity contribution in [2.75, 3.05) is 6.54 Å². The number of aryl methyl sites for hydroxylation is 2. The second-order valence-electron chi connectivity index (χ2n) is 6.17. The molecule has 3 rings (SSSR count). The highest BCUT2D eigenvalue weighted by Gasteiger charge is 2.35. The van der Waals surface area contributed by atoms with Crippen LogP contribution in [0.1, 0.15) is 28.3 Å². The van der Waals surface area contributed by atoms with Crippen molar-refractivity contribution >= 4 is 5.91 Å². The number of alkyl halides is 3. The summed E-state index contributed by atoms with van der Waals surface area (Å²) >= 11 is 0. The predicted octanol–water partition coefficient (Wildman–Crippen LogP) is 1.59. The van der Waals surface area contributed by atoms with Gasteiger partial charge >= 0.3 is 6.18 Å². The normalized spacial score (nSPS) is 17.2. The summed E-state index contributed by atoms with van der Waals surface area (Å²) in [6, 6.07) is 2.79. The van der Waals surface area contributed by atoms with E-state index in [1.165, 1.54) is 21.4 Å². The third kappa shape index (κ3) is 3.75. The molecule has 0 aromatic carbocycles. The SMILES string of the molecule is Cn1ccc(C(=O)NC[C@H]2CCc3nc(C(F)(F)F)cn3C2)cc1=O. The first kappa shape index (κ1) is 17.2. The minimum Gasteiger partial charge on any atom is -0.352 e. The van der Waals surface area contributed by atoms with E-state index in [-0.39, 0.29) is 22.9 Å². The van der Waals surface area contributed by atoms with Crippen LogP contribution in [0.3, 0.4) is 0 Å². The van der Waals surface area contributed by atoms with Gasteiger partial charge in [-0.2, -0.15) is 13.2 Å². The predicted molar refractivity (Wildman–Crippen MR) is 83.1 cm³/mol. The van der Waals surface area contributed by atoms with Crippen molar-refractivity contribution in [3.05, 3.63) is 52.0 Å². The van der Waals surface area contributed by atoms with Gasteiger partial charge in [0, 0.05) is 50.6 Å². The van der Waals surface area contributed by atoms with Crippen molar-refractivity contribution in [3.63, 3.8) is 0 Å². The van der Waals surface area contributed by atoms with Gasteiger partial charge in [0.15, 0.2) is 5.69 Å². The molecule has 0 saturated heterocycles. The minimum absolute atomic E-state index is 0.0123. The number of aromatic nitrogens is 3. The van der Waals surface area contributed by atoms with Gasteiger partial charge in [0.2, 0.25) is 0 Å². The lowest BCUT2D eigenvalue weighted by molar-refractivity contribution is -0.141. The molecular weight excluding hydrogens is 337 g/mol.